The highest BCUT2D eigenvalue weighted by Crippen LogP contribution is 2.33. The van der Waals surface area contributed by atoms with Gasteiger partial charge in [-0.25, -0.2) is 8.78 Å². The third-order valence-electron chi connectivity index (χ3n) is 5.10. The van der Waals surface area contributed by atoms with Gasteiger partial charge >= 0.3 is 0 Å². The van der Waals surface area contributed by atoms with E-state index in [1.54, 1.807) is 35.2 Å². The number of aromatic nitrogens is 1. The van der Waals surface area contributed by atoms with Gasteiger partial charge < -0.3 is 14.4 Å². The van der Waals surface area contributed by atoms with E-state index in [1.165, 1.54) is 25.1 Å². The smallest absolute Gasteiger partial charge is 0.259 e. The number of ether oxygens (including phenoxy) is 2. The number of carbonyl (C=O) groups is 1. The number of halogens is 2. The zero-order chi connectivity index (χ0) is 22.7. The molecule has 0 saturated carbocycles. The maximum atomic E-state index is 14.7. The molecule has 0 atom stereocenters. The van der Waals surface area contributed by atoms with Crippen molar-refractivity contribution in [1.82, 2.24) is 9.88 Å². The SMILES string of the molecule is Cc1c(F)c(Oc2cccc(C#N)c2)nc(Oc2cccc(C(=O)N3CCCC3)c2)c1F. The lowest BCUT2D eigenvalue weighted by Gasteiger charge is -2.16. The molecule has 32 heavy (non-hydrogen) atoms. The molecule has 1 fully saturated rings. The number of likely N-dealkylation sites (tertiary alicyclic amines) is 1. The zero-order valence-corrected chi connectivity index (χ0v) is 17.3. The maximum Gasteiger partial charge on any atom is 0.259 e. The third kappa shape index (κ3) is 4.37. The van der Waals surface area contributed by atoms with Gasteiger partial charge in [0, 0.05) is 24.2 Å². The van der Waals surface area contributed by atoms with Crippen LogP contribution in [-0.2, 0) is 0 Å². The number of nitriles is 1. The Morgan fingerprint density at radius 2 is 1.59 bits per heavy atom. The van der Waals surface area contributed by atoms with Crippen molar-refractivity contribution in [2.75, 3.05) is 13.1 Å². The van der Waals surface area contributed by atoms with Crippen LogP contribution in [0.15, 0.2) is 48.5 Å². The van der Waals surface area contributed by atoms with Crippen molar-refractivity contribution < 1.29 is 23.0 Å². The zero-order valence-electron chi connectivity index (χ0n) is 17.3. The Kier molecular flexibility index (Phi) is 5.99. The fourth-order valence-electron chi connectivity index (χ4n) is 3.39. The molecular weight excluding hydrogens is 416 g/mol. The van der Waals surface area contributed by atoms with Gasteiger partial charge in [0.05, 0.1) is 11.6 Å². The average Bonchev–Trinajstić information content (AvgIpc) is 3.35. The molecule has 1 aromatic heterocycles. The lowest BCUT2D eigenvalue weighted by Crippen LogP contribution is -2.27. The van der Waals surface area contributed by atoms with E-state index in [4.69, 9.17) is 14.7 Å². The number of benzene rings is 2. The van der Waals surface area contributed by atoms with Crippen LogP contribution < -0.4 is 9.47 Å². The van der Waals surface area contributed by atoms with Crippen LogP contribution in [0.5, 0.6) is 23.3 Å². The Balaban J connectivity index is 1.62. The molecule has 1 aliphatic heterocycles. The van der Waals surface area contributed by atoms with Crippen molar-refractivity contribution in [3.63, 3.8) is 0 Å². The van der Waals surface area contributed by atoms with Crippen molar-refractivity contribution >= 4 is 5.91 Å². The number of nitrogens with zero attached hydrogens (tertiary/aromatic N) is 3. The van der Waals surface area contributed by atoms with Gasteiger partial charge in [0.2, 0.25) is 0 Å². The van der Waals surface area contributed by atoms with E-state index in [0.717, 1.165) is 12.8 Å². The minimum atomic E-state index is -0.977. The average molecular weight is 435 g/mol. The molecule has 1 aliphatic rings. The summed E-state index contributed by atoms with van der Waals surface area (Å²) in [6.07, 6.45) is 1.93. The summed E-state index contributed by atoms with van der Waals surface area (Å²) in [6.45, 7) is 2.64. The van der Waals surface area contributed by atoms with Crippen molar-refractivity contribution in [3.8, 4) is 29.3 Å². The fraction of sp³-hybridized carbons (Fsp3) is 0.208. The standard InChI is InChI=1S/C24H19F2N3O3/c1-15-20(25)22(31-18-8-4-6-16(12-18)14-27)28-23(21(15)26)32-19-9-5-7-17(13-19)24(30)29-10-2-3-11-29/h4-9,12-13H,2-3,10-11H2,1H3. The number of carbonyl (C=O) groups excluding carboxylic acids is 1. The molecular formula is C24H19F2N3O3. The third-order valence-corrected chi connectivity index (χ3v) is 5.10. The predicted octanol–water partition coefficient (Wildman–Crippen LogP) is 5.36. The first-order chi connectivity index (χ1) is 15.5. The van der Waals surface area contributed by atoms with Gasteiger partial charge in [-0.3, -0.25) is 4.79 Å². The summed E-state index contributed by atoms with van der Waals surface area (Å²) in [5.74, 6) is -2.69. The molecule has 8 heteroatoms. The second-order valence-electron chi connectivity index (χ2n) is 7.35. The summed E-state index contributed by atoms with van der Waals surface area (Å²) in [7, 11) is 0. The molecule has 0 spiro atoms. The monoisotopic (exact) mass is 435 g/mol. The van der Waals surface area contributed by atoms with E-state index in [0.29, 0.717) is 24.2 Å². The van der Waals surface area contributed by atoms with Crippen molar-refractivity contribution in [2.24, 2.45) is 0 Å². The van der Waals surface area contributed by atoms with Crippen LogP contribution in [-0.4, -0.2) is 28.9 Å². The minimum absolute atomic E-state index is 0.127. The summed E-state index contributed by atoms with van der Waals surface area (Å²) in [4.78, 5) is 18.2. The van der Waals surface area contributed by atoms with Crippen LogP contribution in [0, 0.1) is 29.9 Å². The largest absolute Gasteiger partial charge is 0.436 e. The number of amides is 1. The molecule has 3 aromatic rings. The topological polar surface area (TPSA) is 75.5 Å². The Morgan fingerprint density at radius 3 is 2.22 bits per heavy atom. The summed E-state index contributed by atoms with van der Waals surface area (Å²) in [6, 6.07) is 14.4. The Bertz CT molecular complexity index is 1220. The second kappa shape index (κ2) is 9.02. The van der Waals surface area contributed by atoms with Crippen LogP contribution in [0.3, 0.4) is 0 Å². The lowest BCUT2D eigenvalue weighted by atomic mass is 10.2. The van der Waals surface area contributed by atoms with Crippen LogP contribution >= 0.6 is 0 Å². The molecule has 1 saturated heterocycles. The van der Waals surface area contributed by atoms with Crippen LogP contribution in [0.4, 0.5) is 8.78 Å². The Labute approximate surface area is 183 Å². The van der Waals surface area contributed by atoms with Crippen LogP contribution in [0.25, 0.3) is 0 Å². The molecule has 1 amide bonds. The highest BCUT2D eigenvalue weighted by molar-refractivity contribution is 5.94. The molecule has 2 aromatic carbocycles. The quantitative estimate of drug-likeness (QED) is 0.539. The van der Waals surface area contributed by atoms with E-state index in [9.17, 15) is 13.6 Å². The Hall–Kier alpha value is -3.99. The van der Waals surface area contributed by atoms with E-state index < -0.39 is 23.4 Å². The van der Waals surface area contributed by atoms with Crippen molar-refractivity contribution in [3.05, 3.63) is 76.9 Å². The summed E-state index contributed by atoms with van der Waals surface area (Å²) < 4.78 is 40.3. The molecule has 0 unspecified atom stereocenters. The van der Waals surface area contributed by atoms with Gasteiger partial charge in [0.25, 0.3) is 17.7 Å². The van der Waals surface area contributed by atoms with Gasteiger partial charge in [-0.1, -0.05) is 12.1 Å². The number of pyridine rings is 1. The molecule has 162 valence electrons. The lowest BCUT2D eigenvalue weighted by molar-refractivity contribution is 0.0792. The molecule has 0 bridgehead atoms. The predicted molar refractivity (Wildman–Crippen MR) is 112 cm³/mol. The number of hydrogen-bond acceptors (Lipinski definition) is 5. The highest BCUT2D eigenvalue weighted by atomic mass is 19.1. The first kappa shape index (κ1) is 21.2. The molecule has 6 nitrogen and oxygen atoms in total. The maximum absolute atomic E-state index is 14.7. The van der Waals surface area contributed by atoms with Gasteiger partial charge in [0.15, 0.2) is 11.6 Å². The highest BCUT2D eigenvalue weighted by Gasteiger charge is 2.22. The fourth-order valence-corrected chi connectivity index (χ4v) is 3.39. The normalized spacial score (nSPS) is 13.0. The van der Waals surface area contributed by atoms with Crippen LogP contribution in [0.2, 0.25) is 0 Å². The van der Waals surface area contributed by atoms with E-state index in [2.05, 4.69) is 4.98 Å². The molecule has 4 rings (SSSR count). The second-order valence-corrected chi connectivity index (χ2v) is 7.35. The Morgan fingerprint density at radius 1 is 1.00 bits per heavy atom. The summed E-state index contributed by atoms with van der Waals surface area (Å²) >= 11 is 0. The van der Waals surface area contributed by atoms with E-state index in [1.807, 2.05) is 6.07 Å². The summed E-state index contributed by atoms with van der Waals surface area (Å²) in [5.41, 5.74) is 0.400. The first-order valence-corrected chi connectivity index (χ1v) is 10.1. The van der Waals surface area contributed by atoms with Crippen molar-refractivity contribution in [2.45, 2.75) is 19.8 Å². The molecule has 0 aliphatic carbocycles. The van der Waals surface area contributed by atoms with Gasteiger partial charge in [0.1, 0.15) is 11.5 Å². The van der Waals surface area contributed by atoms with Crippen LogP contribution in [0.1, 0.15) is 34.3 Å². The van der Waals surface area contributed by atoms with Gasteiger partial charge in [-0.15, -0.1) is 0 Å². The number of rotatable bonds is 5. The minimum Gasteiger partial charge on any atom is -0.436 e. The van der Waals surface area contributed by atoms with Gasteiger partial charge in [-0.2, -0.15) is 10.2 Å². The summed E-state index contributed by atoms with van der Waals surface area (Å²) in [5, 5.41) is 9.01. The van der Waals surface area contributed by atoms with Gasteiger partial charge in [-0.05, 0) is 56.2 Å². The van der Waals surface area contributed by atoms with E-state index in [-0.39, 0.29) is 23.0 Å². The van der Waals surface area contributed by atoms with Crippen molar-refractivity contribution in [1.29, 1.82) is 5.26 Å². The van der Waals surface area contributed by atoms with E-state index >= 15 is 0 Å². The molecule has 2 heterocycles. The number of hydrogen-bond donors (Lipinski definition) is 0. The molecule has 0 N–H and O–H groups in total. The first-order valence-electron chi connectivity index (χ1n) is 10.1. The molecule has 0 radical (unpaired) electrons.